The van der Waals surface area contributed by atoms with Crippen LogP contribution in [0.25, 0.3) is 0 Å². The van der Waals surface area contributed by atoms with Crippen molar-refractivity contribution in [3.63, 3.8) is 0 Å². The molecular weight excluding hydrogens is 340 g/mol. The maximum atomic E-state index is 12.4. The Morgan fingerprint density at radius 3 is 2.24 bits per heavy atom. The molecule has 1 aliphatic carbocycles. The predicted molar refractivity (Wildman–Crippen MR) is 79.8 cm³/mol. The van der Waals surface area contributed by atoms with E-state index in [1.165, 1.54) is 14.2 Å². The Morgan fingerprint density at radius 2 is 1.76 bits per heavy atom. The first-order valence-corrected chi connectivity index (χ1v) is 7.42. The Morgan fingerprint density at radius 1 is 1.19 bits per heavy atom. The number of benzene rings is 1. The van der Waals surface area contributed by atoms with Gasteiger partial charge >= 0.3 is 6.03 Å². The highest BCUT2D eigenvalue weighted by atomic mass is 79.9. The molecule has 3 amide bonds. The number of anilines is 1. The standard InChI is InChI=1S/C14H15BrN2O4/c1-20-9-5-8(6-10(21-2)11(9)15)17-13(18)12(7-3-4-7)16-14(17)19/h5-7,12H,3-4H2,1-2H3,(H,16,19). The van der Waals surface area contributed by atoms with E-state index in [4.69, 9.17) is 9.47 Å². The maximum Gasteiger partial charge on any atom is 0.329 e. The van der Waals surface area contributed by atoms with Gasteiger partial charge in [-0.1, -0.05) is 0 Å². The van der Waals surface area contributed by atoms with E-state index in [-0.39, 0.29) is 11.8 Å². The zero-order chi connectivity index (χ0) is 15.1. The van der Waals surface area contributed by atoms with Gasteiger partial charge in [-0.25, -0.2) is 9.69 Å². The Hall–Kier alpha value is -1.76. The van der Waals surface area contributed by atoms with E-state index in [1.54, 1.807) is 12.1 Å². The number of amides is 3. The van der Waals surface area contributed by atoms with Crippen molar-refractivity contribution in [2.24, 2.45) is 5.92 Å². The molecule has 0 bridgehead atoms. The Kier molecular flexibility index (Phi) is 3.52. The molecule has 1 aliphatic heterocycles. The van der Waals surface area contributed by atoms with Crippen molar-refractivity contribution in [2.75, 3.05) is 19.1 Å². The fourth-order valence-corrected chi connectivity index (χ4v) is 3.03. The molecule has 1 aromatic carbocycles. The van der Waals surface area contributed by atoms with Gasteiger partial charge < -0.3 is 14.8 Å². The molecule has 0 radical (unpaired) electrons. The van der Waals surface area contributed by atoms with E-state index in [0.29, 0.717) is 21.7 Å². The summed E-state index contributed by atoms with van der Waals surface area (Å²) in [6, 6.07) is 2.47. The van der Waals surface area contributed by atoms with E-state index in [0.717, 1.165) is 17.7 Å². The van der Waals surface area contributed by atoms with Crippen LogP contribution in [0.4, 0.5) is 10.5 Å². The van der Waals surface area contributed by atoms with Crippen LogP contribution in [-0.4, -0.2) is 32.2 Å². The van der Waals surface area contributed by atoms with Gasteiger partial charge in [0.25, 0.3) is 5.91 Å². The lowest BCUT2D eigenvalue weighted by Crippen LogP contribution is -2.32. The van der Waals surface area contributed by atoms with E-state index < -0.39 is 12.1 Å². The molecule has 1 unspecified atom stereocenters. The van der Waals surface area contributed by atoms with Crippen LogP contribution < -0.4 is 19.7 Å². The van der Waals surface area contributed by atoms with Crippen LogP contribution in [0.2, 0.25) is 0 Å². The second-order valence-electron chi connectivity index (χ2n) is 5.10. The molecule has 3 rings (SSSR count). The molecule has 1 atom stereocenters. The number of hydrogen-bond donors (Lipinski definition) is 1. The molecule has 7 heteroatoms. The maximum absolute atomic E-state index is 12.4. The fourth-order valence-electron chi connectivity index (χ4n) is 2.48. The average Bonchev–Trinajstić information content (AvgIpc) is 3.26. The van der Waals surface area contributed by atoms with Gasteiger partial charge in [0.2, 0.25) is 0 Å². The molecule has 21 heavy (non-hydrogen) atoms. The fraction of sp³-hybridized carbons (Fsp3) is 0.429. The van der Waals surface area contributed by atoms with E-state index in [9.17, 15) is 9.59 Å². The number of rotatable bonds is 4. The summed E-state index contributed by atoms with van der Waals surface area (Å²) < 4.78 is 11.1. The highest BCUT2D eigenvalue weighted by Crippen LogP contribution is 2.41. The first-order chi connectivity index (χ1) is 10.1. The van der Waals surface area contributed by atoms with Crippen LogP contribution in [-0.2, 0) is 4.79 Å². The van der Waals surface area contributed by atoms with Gasteiger partial charge in [0.1, 0.15) is 22.0 Å². The van der Waals surface area contributed by atoms with Crippen molar-refractivity contribution in [1.29, 1.82) is 0 Å². The lowest BCUT2D eigenvalue weighted by molar-refractivity contribution is -0.118. The van der Waals surface area contributed by atoms with Gasteiger partial charge in [-0.2, -0.15) is 0 Å². The number of carbonyl (C=O) groups is 2. The third-order valence-electron chi connectivity index (χ3n) is 3.75. The smallest absolute Gasteiger partial charge is 0.329 e. The molecule has 1 N–H and O–H groups in total. The summed E-state index contributed by atoms with van der Waals surface area (Å²) in [5.74, 6) is 1.05. The van der Waals surface area contributed by atoms with Crippen LogP contribution in [0.1, 0.15) is 12.8 Å². The van der Waals surface area contributed by atoms with Gasteiger partial charge in [0.05, 0.1) is 19.9 Å². The summed E-state index contributed by atoms with van der Waals surface area (Å²) in [4.78, 5) is 25.7. The molecule has 2 fully saturated rings. The lowest BCUT2D eigenvalue weighted by Gasteiger charge is -2.17. The molecule has 1 aromatic rings. The molecule has 1 saturated carbocycles. The number of carbonyl (C=O) groups excluding carboxylic acids is 2. The van der Waals surface area contributed by atoms with Crippen LogP contribution in [0.5, 0.6) is 11.5 Å². The first-order valence-electron chi connectivity index (χ1n) is 6.62. The number of urea groups is 1. The molecule has 112 valence electrons. The van der Waals surface area contributed by atoms with Crippen LogP contribution in [0, 0.1) is 5.92 Å². The summed E-state index contributed by atoms with van der Waals surface area (Å²) in [6.45, 7) is 0. The molecule has 6 nitrogen and oxygen atoms in total. The number of halogens is 1. The molecule has 0 spiro atoms. The minimum Gasteiger partial charge on any atom is -0.495 e. The first kappa shape index (κ1) is 14.2. The van der Waals surface area contributed by atoms with E-state index in [1.807, 2.05) is 0 Å². The summed E-state index contributed by atoms with van der Waals surface area (Å²) in [5, 5.41) is 2.75. The average molecular weight is 355 g/mol. The highest BCUT2D eigenvalue weighted by molar-refractivity contribution is 9.10. The second-order valence-corrected chi connectivity index (χ2v) is 5.90. The van der Waals surface area contributed by atoms with Gasteiger partial charge in [-0.15, -0.1) is 0 Å². The normalized spacial score (nSPS) is 21.5. The number of ether oxygens (including phenoxy) is 2. The predicted octanol–water partition coefficient (Wildman–Crippen LogP) is 2.30. The molecule has 0 aromatic heterocycles. The molecule has 2 aliphatic rings. The monoisotopic (exact) mass is 354 g/mol. The van der Waals surface area contributed by atoms with Crippen molar-refractivity contribution in [3.8, 4) is 11.5 Å². The summed E-state index contributed by atoms with van der Waals surface area (Å²) in [5.41, 5.74) is 0.442. The summed E-state index contributed by atoms with van der Waals surface area (Å²) >= 11 is 3.37. The van der Waals surface area contributed by atoms with Crippen molar-refractivity contribution in [2.45, 2.75) is 18.9 Å². The van der Waals surface area contributed by atoms with Gasteiger partial charge in [-0.3, -0.25) is 4.79 Å². The van der Waals surface area contributed by atoms with Gasteiger partial charge in [0.15, 0.2) is 0 Å². The quantitative estimate of drug-likeness (QED) is 0.842. The van der Waals surface area contributed by atoms with E-state index >= 15 is 0 Å². The molecule has 1 heterocycles. The second kappa shape index (κ2) is 5.22. The highest BCUT2D eigenvalue weighted by Gasteiger charge is 2.47. The van der Waals surface area contributed by atoms with Crippen molar-refractivity contribution in [3.05, 3.63) is 16.6 Å². The Labute approximate surface area is 130 Å². The minimum absolute atomic E-state index is 0.214. The number of nitrogens with one attached hydrogen (secondary N) is 1. The van der Waals surface area contributed by atoms with Gasteiger partial charge in [0, 0.05) is 12.1 Å². The van der Waals surface area contributed by atoms with Crippen LogP contribution in [0.15, 0.2) is 16.6 Å². The summed E-state index contributed by atoms with van der Waals surface area (Å²) in [6.07, 6.45) is 1.97. The summed E-state index contributed by atoms with van der Waals surface area (Å²) in [7, 11) is 3.03. The van der Waals surface area contributed by atoms with Crippen molar-refractivity contribution < 1.29 is 19.1 Å². The number of nitrogens with zero attached hydrogens (tertiary/aromatic N) is 1. The minimum atomic E-state index is -0.405. The Balaban J connectivity index is 1.99. The van der Waals surface area contributed by atoms with Crippen LogP contribution in [0.3, 0.4) is 0 Å². The van der Waals surface area contributed by atoms with E-state index in [2.05, 4.69) is 21.2 Å². The lowest BCUT2D eigenvalue weighted by atomic mass is 10.2. The van der Waals surface area contributed by atoms with Crippen molar-refractivity contribution in [1.82, 2.24) is 5.32 Å². The Bertz CT molecular complexity index is 590. The number of methoxy groups -OCH3 is 2. The molecular formula is C14H15BrN2O4. The third-order valence-corrected chi connectivity index (χ3v) is 4.53. The van der Waals surface area contributed by atoms with Crippen LogP contribution >= 0.6 is 15.9 Å². The SMILES string of the molecule is COc1cc(N2C(=O)NC(C3CC3)C2=O)cc(OC)c1Br. The van der Waals surface area contributed by atoms with Crippen molar-refractivity contribution >= 4 is 33.6 Å². The zero-order valence-corrected chi connectivity index (χ0v) is 13.3. The molecule has 1 saturated heterocycles. The number of hydrogen-bond acceptors (Lipinski definition) is 4. The number of imide groups is 1. The topological polar surface area (TPSA) is 67.9 Å². The third kappa shape index (κ3) is 2.35. The van der Waals surface area contributed by atoms with Gasteiger partial charge in [-0.05, 0) is 34.7 Å². The zero-order valence-electron chi connectivity index (χ0n) is 11.7. The largest absolute Gasteiger partial charge is 0.495 e.